The van der Waals surface area contributed by atoms with Gasteiger partial charge in [0.25, 0.3) is 0 Å². The zero-order chi connectivity index (χ0) is 8.55. The molecule has 0 spiro atoms. The minimum atomic E-state index is 0.849. The van der Waals surface area contributed by atoms with Crippen molar-refractivity contribution in [2.75, 3.05) is 0 Å². The minimum absolute atomic E-state index is 0.849. The number of aromatic nitrogens is 1. The van der Waals surface area contributed by atoms with E-state index in [1.807, 2.05) is 0 Å². The second-order valence-electron chi connectivity index (χ2n) is 3.94. The second-order valence-corrected chi connectivity index (χ2v) is 3.94. The van der Waals surface area contributed by atoms with E-state index in [2.05, 4.69) is 31.1 Å². The second kappa shape index (κ2) is 2.89. The van der Waals surface area contributed by atoms with Crippen molar-refractivity contribution in [1.29, 1.82) is 0 Å². The molecule has 1 heterocycles. The molecule has 1 atom stereocenters. The zero-order valence-electron chi connectivity index (χ0n) is 7.80. The van der Waals surface area contributed by atoms with Gasteiger partial charge in [0.1, 0.15) is 0 Å². The van der Waals surface area contributed by atoms with E-state index in [4.69, 9.17) is 0 Å². The van der Waals surface area contributed by atoms with Crippen molar-refractivity contribution in [2.24, 2.45) is 5.92 Å². The maximum Gasteiger partial charge on any atom is 0.0375 e. The third-order valence-corrected chi connectivity index (χ3v) is 2.69. The highest BCUT2D eigenvalue weighted by Crippen LogP contribution is 2.24. The van der Waals surface area contributed by atoms with Crippen LogP contribution in [0, 0.1) is 12.8 Å². The van der Waals surface area contributed by atoms with Crippen LogP contribution in [0.2, 0.25) is 0 Å². The van der Waals surface area contributed by atoms with Crippen molar-refractivity contribution in [1.82, 2.24) is 4.98 Å². The van der Waals surface area contributed by atoms with Crippen LogP contribution >= 0.6 is 0 Å². The van der Waals surface area contributed by atoms with E-state index in [-0.39, 0.29) is 0 Å². The highest BCUT2D eigenvalue weighted by molar-refractivity contribution is 5.28. The van der Waals surface area contributed by atoms with Crippen LogP contribution in [0.5, 0.6) is 0 Å². The van der Waals surface area contributed by atoms with Crippen molar-refractivity contribution >= 4 is 0 Å². The Balaban J connectivity index is 2.37. The molecule has 0 saturated carbocycles. The third kappa shape index (κ3) is 1.36. The maximum absolute atomic E-state index is 4.33. The number of pyridine rings is 1. The van der Waals surface area contributed by atoms with Crippen LogP contribution in [-0.4, -0.2) is 4.98 Å². The molecule has 1 aromatic heterocycles. The van der Waals surface area contributed by atoms with E-state index in [0.717, 1.165) is 11.6 Å². The van der Waals surface area contributed by atoms with Crippen molar-refractivity contribution in [3.05, 3.63) is 29.1 Å². The first kappa shape index (κ1) is 7.78. The lowest BCUT2D eigenvalue weighted by molar-refractivity contribution is 0.499. The van der Waals surface area contributed by atoms with Gasteiger partial charge in [0.2, 0.25) is 0 Å². The van der Waals surface area contributed by atoms with Crippen LogP contribution in [0.1, 0.15) is 30.2 Å². The van der Waals surface area contributed by atoms with Gasteiger partial charge in [-0.05, 0) is 49.3 Å². The highest BCUT2D eigenvalue weighted by atomic mass is 14.7. The van der Waals surface area contributed by atoms with Crippen LogP contribution in [0.25, 0.3) is 0 Å². The number of rotatable bonds is 0. The summed E-state index contributed by atoms with van der Waals surface area (Å²) in [5.74, 6) is 0.849. The molecular formula is C11H15N. The summed E-state index contributed by atoms with van der Waals surface area (Å²) in [5, 5.41) is 0. The van der Waals surface area contributed by atoms with Crippen molar-refractivity contribution in [2.45, 2.75) is 33.1 Å². The molecule has 0 saturated heterocycles. The Morgan fingerprint density at radius 3 is 3.08 bits per heavy atom. The molecule has 2 rings (SSSR count). The molecule has 1 aliphatic carbocycles. The Morgan fingerprint density at radius 2 is 2.25 bits per heavy atom. The van der Waals surface area contributed by atoms with Gasteiger partial charge in [-0.15, -0.1) is 0 Å². The van der Waals surface area contributed by atoms with Gasteiger partial charge in [0.15, 0.2) is 0 Å². The van der Waals surface area contributed by atoms with Gasteiger partial charge in [-0.1, -0.05) is 6.92 Å². The van der Waals surface area contributed by atoms with Crippen molar-refractivity contribution in [3.63, 3.8) is 0 Å². The van der Waals surface area contributed by atoms with Crippen molar-refractivity contribution < 1.29 is 0 Å². The molecule has 64 valence electrons. The molecular weight excluding hydrogens is 146 g/mol. The van der Waals surface area contributed by atoms with E-state index in [0.29, 0.717) is 0 Å². The summed E-state index contributed by atoms with van der Waals surface area (Å²) < 4.78 is 0. The summed E-state index contributed by atoms with van der Waals surface area (Å²) in [7, 11) is 0. The highest BCUT2D eigenvalue weighted by Gasteiger charge is 2.14. The van der Waals surface area contributed by atoms with Gasteiger partial charge in [-0.25, -0.2) is 0 Å². The quantitative estimate of drug-likeness (QED) is 0.569. The number of hydrogen-bond acceptors (Lipinski definition) is 1. The lowest BCUT2D eigenvalue weighted by atomic mass is 9.86. The van der Waals surface area contributed by atoms with Gasteiger partial charge in [0, 0.05) is 11.9 Å². The topological polar surface area (TPSA) is 12.9 Å². The summed E-state index contributed by atoms with van der Waals surface area (Å²) >= 11 is 0. The first-order chi connectivity index (χ1) is 5.75. The van der Waals surface area contributed by atoms with Gasteiger partial charge in [-0.2, -0.15) is 0 Å². The molecule has 1 nitrogen and oxygen atoms in total. The summed E-state index contributed by atoms with van der Waals surface area (Å²) in [6, 6.07) is 2.24. The fourth-order valence-electron chi connectivity index (χ4n) is 1.94. The molecule has 0 bridgehead atoms. The van der Waals surface area contributed by atoms with Crippen LogP contribution < -0.4 is 0 Å². The normalized spacial score (nSPS) is 22.0. The lowest BCUT2D eigenvalue weighted by Crippen LogP contribution is -2.11. The first-order valence-corrected chi connectivity index (χ1v) is 4.70. The Labute approximate surface area is 73.8 Å². The molecule has 1 aromatic rings. The van der Waals surface area contributed by atoms with E-state index < -0.39 is 0 Å². The number of hydrogen-bond donors (Lipinski definition) is 0. The number of aryl methyl sites for hydroxylation is 2. The van der Waals surface area contributed by atoms with Crippen LogP contribution in [0.3, 0.4) is 0 Å². The fourth-order valence-corrected chi connectivity index (χ4v) is 1.94. The van der Waals surface area contributed by atoms with Crippen LogP contribution in [0.4, 0.5) is 0 Å². The summed E-state index contributed by atoms with van der Waals surface area (Å²) in [5.41, 5.74) is 4.16. The molecule has 0 N–H and O–H groups in total. The van der Waals surface area contributed by atoms with Gasteiger partial charge in [0.05, 0.1) is 0 Å². The van der Waals surface area contributed by atoms with E-state index in [1.165, 1.54) is 30.4 Å². The van der Waals surface area contributed by atoms with E-state index >= 15 is 0 Å². The molecule has 1 aliphatic rings. The minimum Gasteiger partial charge on any atom is -0.261 e. The standard InChI is InChI=1S/C11H15N/c1-8-3-4-10-6-9(2)12-7-11(10)5-8/h6-8H,3-5H2,1-2H3. The van der Waals surface area contributed by atoms with Crippen LogP contribution in [-0.2, 0) is 12.8 Å². The first-order valence-electron chi connectivity index (χ1n) is 4.70. The number of nitrogens with zero attached hydrogens (tertiary/aromatic N) is 1. The van der Waals surface area contributed by atoms with Crippen LogP contribution in [0.15, 0.2) is 12.3 Å². The third-order valence-electron chi connectivity index (χ3n) is 2.69. The monoisotopic (exact) mass is 161 g/mol. The Morgan fingerprint density at radius 1 is 1.42 bits per heavy atom. The lowest BCUT2D eigenvalue weighted by Gasteiger charge is -2.20. The van der Waals surface area contributed by atoms with Gasteiger partial charge in [-0.3, -0.25) is 4.98 Å². The molecule has 0 aliphatic heterocycles. The Bertz CT molecular complexity index is 291. The predicted molar refractivity (Wildman–Crippen MR) is 50.2 cm³/mol. The average molecular weight is 161 g/mol. The molecule has 0 aromatic carbocycles. The van der Waals surface area contributed by atoms with E-state index in [9.17, 15) is 0 Å². The van der Waals surface area contributed by atoms with Crippen molar-refractivity contribution in [3.8, 4) is 0 Å². The van der Waals surface area contributed by atoms with E-state index in [1.54, 1.807) is 0 Å². The Hall–Kier alpha value is -0.850. The molecule has 1 heteroatoms. The molecule has 1 unspecified atom stereocenters. The smallest absolute Gasteiger partial charge is 0.0375 e. The molecule has 12 heavy (non-hydrogen) atoms. The van der Waals surface area contributed by atoms with Gasteiger partial charge < -0.3 is 0 Å². The summed E-state index contributed by atoms with van der Waals surface area (Å²) in [6.07, 6.45) is 5.87. The largest absolute Gasteiger partial charge is 0.261 e. The summed E-state index contributed by atoms with van der Waals surface area (Å²) in [6.45, 7) is 4.39. The number of fused-ring (bicyclic) bond motifs is 1. The van der Waals surface area contributed by atoms with Gasteiger partial charge >= 0.3 is 0 Å². The maximum atomic E-state index is 4.33. The molecule has 0 fully saturated rings. The fraction of sp³-hybridized carbons (Fsp3) is 0.545. The zero-order valence-corrected chi connectivity index (χ0v) is 7.80. The SMILES string of the molecule is Cc1cc2c(cn1)CC(C)CC2. The molecule has 0 radical (unpaired) electrons. The molecule has 0 amide bonds. The summed E-state index contributed by atoms with van der Waals surface area (Å²) in [4.78, 5) is 4.33. The Kier molecular flexibility index (Phi) is 1.87. The predicted octanol–water partition coefficient (Wildman–Crippen LogP) is 2.51. The average Bonchev–Trinajstić information content (AvgIpc) is 2.05.